The monoisotopic (exact) mass is 423 g/mol. The minimum atomic E-state index is -0.626. The van der Waals surface area contributed by atoms with Crippen molar-refractivity contribution in [2.45, 2.75) is 32.0 Å². The van der Waals surface area contributed by atoms with Crippen molar-refractivity contribution in [1.29, 1.82) is 0 Å². The number of aromatic nitrogens is 4. The normalized spacial score (nSPS) is 13.2. The number of phenolic OH excluding ortho intramolecular Hbond substituents is 1. The molecule has 3 aromatic rings. The summed E-state index contributed by atoms with van der Waals surface area (Å²) in [5.74, 6) is 0.171. The van der Waals surface area contributed by atoms with Crippen LogP contribution in [-0.2, 0) is 20.6 Å². The molecule has 0 saturated carbocycles. The van der Waals surface area contributed by atoms with Gasteiger partial charge in [-0.1, -0.05) is 12.1 Å². The van der Waals surface area contributed by atoms with E-state index in [4.69, 9.17) is 0 Å². The molecule has 1 aromatic carbocycles. The van der Waals surface area contributed by atoms with Gasteiger partial charge in [0.25, 0.3) is 5.56 Å². The molecule has 29 heavy (non-hydrogen) atoms. The number of fused-ring (bicyclic) bond motifs is 1. The first-order chi connectivity index (χ1) is 13.3. The number of hydrogen-bond acceptors (Lipinski definition) is 5. The van der Waals surface area contributed by atoms with Gasteiger partial charge in [-0.25, -0.2) is 9.78 Å². The highest BCUT2D eigenvalue weighted by molar-refractivity contribution is 5.69. The fourth-order valence-electron chi connectivity index (χ4n) is 3.22. The van der Waals surface area contributed by atoms with Crippen LogP contribution in [0.2, 0.25) is 0 Å². The summed E-state index contributed by atoms with van der Waals surface area (Å²) in [4.78, 5) is 28.7. The number of phenols is 1. The average Bonchev–Trinajstić information content (AvgIpc) is 3.12. The fourth-order valence-corrected chi connectivity index (χ4v) is 3.22. The van der Waals surface area contributed by atoms with E-state index in [1.54, 1.807) is 42.2 Å². The van der Waals surface area contributed by atoms with E-state index in [2.05, 4.69) is 11.9 Å². The van der Waals surface area contributed by atoms with E-state index in [-0.39, 0.29) is 29.8 Å². The van der Waals surface area contributed by atoms with E-state index in [0.29, 0.717) is 24.3 Å². The first-order valence-corrected chi connectivity index (χ1v) is 9.20. The molecule has 4 N–H and O–H groups in total. The van der Waals surface area contributed by atoms with Gasteiger partial charge in [0.15, 0.2) is 11.2 Å². The number of nitrogens with two attached hydrogens (primary N) is 1. The summed E-state index contributed by atoms with van der Waals surface area (Å²) in [5.41, 5.74) is 0.808. The second kappa shape index (κ2) is 9.25. The fraction of sp³-hybridized carbons (Fsp3) is 0.421. The molecule has 0 aliphatic rings. The quantitative estimate of drug-likeness (QED) is 0.360. The summed E-state index contributed by atoms with van der Waals surface area (Å²) in [6.07, 6.45) is 1.72. The Balaban J connectivity index is 0.00000300. The maximum absolute atomic E-state index is 12.5. The number of benzene rings is 1. The lowest BCUT2D eigenvalue weighted by atomic mass is 10.1. The lowest BCUT2D eigenvalue weighted by Crippen LogP contribution is -3.00. The number of hydrogen-bond donors (Lipinski definition) is 3. The Morgan fingerprint density at radius 2 is 1.79 bits per heavy atom. The number of quaternary nitrogens is 1. The van der Waals surface area contributed by atoms with E-state index in [0.717, 1.165) is 16.6 Å². The molecule has 0 fully saturated rings. The highest BCUT2D eigenvalue weighted by atomic mass is 35.5. The van der Waals surface area contributed by atoms with Gasteiger partial charge >= 0.3 is 5.69 Å². The van der Waals surface area contributed by atoms with Crippen LogP contribution in [0.4, 0.5) is 0 Å². The molecule has 158 valence electrons. The highest BCUT2D eigenvalue weighted by Crippen LogP contribution is 2.15. The third-order valence-electron chi connectivity index (χ3n) is 5.08. The molecule has 9 nitrogen and oxygen atoms in total. The van der Waals surface area contributed by atoms with Crippen molar-refractivity contribution in [2.75, 3.05) is 6.54 Å². The van der Waals surface area contributed by atoms with Crippen LogP contribution in [0.5, 0.6) is 5.75 Å². The number of aliphatic hydroxyl groups excluding tert-OH is 1. The summed E-state index contributed by atoms with van der Waals surface area (Å²) >= 11 is 0. The van der Waals surface area contributed by atoms with Crippen LogP contribution in [0, 0.1) is 0 Å². The zero-order chi connectivity index (χ0) is 20.4. The third-order valence-corrected chi connectivity index (χ3v) is 5.08. The van der Waals surface area contributed by atoms with Crippen LogP contribution >= 0.6 is 0 Å². The second-order valence-electron chi connectivity index (χ2n) is 7.16. The van der Waals surface area contributed by atoms with Gasteiger partial charge in [0, 0.05) is 27.1 Å². The molecule has 2 heterocycles. The lowest BCUT2D eigenvalue weighted by Gasteiger charge is -2.15. The Kier molecular flexibility index (Phi) is 7.23. The van der Waals surface area contributed by atoms with Gasteiger partial charge in [0.2, 0.25) is 0 Å². The van der Waals surface area contributed by atoms with E-state index in [1.165, 1.54) is 11.6 Å². The zero-order valence-corrected chi connectivity index (χ0v) is 17.4. The van der Waals surface area contributed by atoms with Crippen molar-refractivity contribution in [3.05, 3.63) is 57.0 Å². The maximum Gasteiger partial charge on any atom is 0.332 e. The Morgan fingerprint density at radius 3 is 2.45 bits per heavy atom. The molecule has 0 aliphatic carbocycles. The molecule has 2 atom stereocenters. The van der Waals surface area contributed by atoms with Gasteiger partial charge in [0.1, 0.15) is 18.4 Å². The van der Waals surface area contributed by atoms with Crippen molar-refractivity contribution >= 4 is 11.2 Å². The number of imidazole rings is 1. The molecule has 0 amide bonds. The topological polar surface area (TPSA) is 119 Å². The van der Waals surface area contributed by atoms with E-state index in [9.17, 15) is 19.8 Å². The van der Waals surface area contributed by atoms with Crippen molar-refractivity contribution in [2.24, 2.45) is 14.1 Å². The second-order valence-corrected chi connectivity index (χ2v) is 7.16. The van der Waals surface area contributed by atoms with E-state index in [1.807, 2.05) is 5.32 Å². The Bertz CT molecular complexity index is 1090. The smallest absolute Gasteiger partial charge is 0.332 e. The molecule has 0 spiro atoms. The van der Waals surface area contributed by atoms with E-state index >= 15 is 0 Å². The summed E-state index contributed by atoms with van der Waals surface area (Å²) in [7, 11) is 3.06. The molecule has 2 unspecified atom stereocenters. The van der Waals surface area contributed by atoms with Crippen LogP contribution < -0.4 is 29.0 Å². The molecule has 2 aromatic heterocycles. The molecule has 0 bridgehead atoms. The van der Waals surface area contributed by atoms with E-state index < -0.39 is 11.8 Å². The molecule has 3 rings (SSSR count). The van der Waals surface area contributed by atoms with Crippen LogP contribution in [0.25, 0.3) is 11.2 Å². The van der Waals surface area contributed by atoms with Gasteiger partial charge in [-0.05, 0) is 24.6 Å². The first kappa shape index (κ1) is 22.7. The lowest BCUT2D eigenvalue weighted by molar-refractivity contribution is -0.693. The Hall–Kier alpha value is -2.62. The van der Waals surface area contributed by atoms with Crippen molar-refractivity contribution in [3.8, 4) is 5.75 Å². The Labute approximate surface area is 173 Å². The first-order valence-electron chi connectivity index (χ1n) is 9.20. The number of nitrogens with zero attached hydrogens (tertiary/aromatic N) is 4. The van der Waals surface area contributed by atoms with Crippen molar-refractivity contribution in [1.82, 2.24) is 18.7 Å². The minimum absolute atomic E-state index is 0. The standard InChI is InChI=1S/C19H25N5O4.ClH/c1-12(20-10-15(26)13-4-6-14(25)7-5-13)8-9-24-11-21-17-16(24)18(27)23(3)19(28)22(17)2;/h4-7,11-12,15,20,25-26H,8-10H2,1-3H3;1H. The summed E-state index contributed by atoms with van der Waals surface area (Å²) in [5, 5.41) is 21.6. The molecular weight excluding hydrogens is 398 g/mol. The number of aryl methyl sites for hydroxylation is 2. The summed E-state index contributed by atoms with van der Waals surface area (Å²) < 4.78 is 4.23. The number of aliphatic hydroxyl groups is 1. The minimum Gasteiger partial charge on any atom is -1.00 e. The van der Waals surface area contributed by atoms with Gasteiger partial charge in [-0.3, -0.25) is 13.9 Å². The van der Waals surface area contributed by atoms with Gasteiger partial charge < -0.3 is 32.5 Å². The average molecular weight is 424 g/mol. The molecular formula is C19H26ClN5O4. The van der Waals surface area contributed by atoms with Crippen molar-refractivity contribution < 1.29 is 27.9 Å². The van der Waals surface area contributed by atoms with Gasteiger partial charge in [-0.15, -0.1) is 0 Å². The Morgan fingerprint density at radius 1 is 1.14 bits per heavy atom. The SMILES string of the molecule is CC(CCn1cnc2c1c(=O)n(C)c(=O)n2C)[NH2+]CC(O)c1ccc(O)cc1.[Cl-]. The predicted octanol–water partition coefficient (Wildman–Crippen LogP) is -3.78. The molecule has 10 heteroatoms. The summed E-state index contributed by atoms with van der Waals surface area (Å²) in [6.45, 7) is 3.13. The van der Waals surface area contributed by atoms with Crippen LogP contribution in [0.15, 0.2) is 40.2 Å². The largest absolute Gasteiger partial charge is 1.00 e. The van der Waals surface area contributed by atoms with Crippen LogP contribution in [-0.4, -0.2) is 41.5 Å². The van der Waals surface area contributed by atoms with Crippen LogP contribution in [0.3, 0.4) is 0 Å². The number of aromatic hydroxyl groups is 1. The number of halogens is 1. The maximum atomic E-state index is 12.5. The summed E-state index contributed by atoms with van der Waals surface area (Å²) in [6, 6.07) is 6.73. The molecule has 0 saturated heterocycles. The molecule has 0 radical (unpaired) electrons. The highest BCUT2D eigenvalue weighted by Gasteiger charge is 2.16. The number of rotatable bonds is 7. The third kappa shape index (κ3) is 4.69. The predicted molar refractivity (Wildman–Crippen MR) is 104 cm³/mol. The van der Waals surface area contributed by atoms with Crippen LogP contribution in [0.1, 0.15) is 25.0 Å². The van der Waals surface area contributed by atoms with Crippen molar-refractivity contribution in [3.63, 3.8) is 0 Å². The molecule has 0 aliphatic heterocycles. The van der Waals surface area contributed by atoms with Gasteiger partial charge in [-0.2, -0.15) is 0 Å². The zero-order valence-electron chi connectivity index (χ0n) is 16.6. The van der Waals surface area contributed by atoms with Gasteiger partial charge in [0.05, 0.1) is 12.4 Å².